The van der Waals surface area contributed by atoms with Gasteiger partial charge in [-0.25, -0.2) is 0 Å². The van der Waals surface area contributed by atoms with E-state index in [0.717, 1.165) is 45.1 Å². The van der Waals surface area contributed by atoms with Gasteiger partial charge >= 0.3 is 8.25 Å². The average Bonchev–Trinajstić information content (AvgIpc) is 2.37. The quantitative estimate of drug-likeness (QED) is 0.372. The lowest BCUT2D eigenvalue weighted by molar-refractivity contribution is 0.217. The Balaban J connectivity index is 3.12. The Kier molecular flexibility index (Phi) is 12.6. The van der Waals surface area contributed by atoms with Gasteiger partial charge in [0.25, 0.3) is 0 Å². The molecule has 0 heterocycles. The molecular formula is C11H26NO4P. The minimum absolute atomic E-state index is 0.479. The molecule has 0 aromatic carbocycles. The Labute approximate surface area is 106 Å². The molecule has 0 bridgehead atoms. The van der Waals surface area contributed by atoms with Crippen LogP contribution in [-0.2, 0) is 13.6 Å². The molecule has 1 unspecified atom stereocenters. The second-order valence-electron chi connectivity index (χ2n) is 3.88. The maximum Gasteiger partial charge on any atom is 0.319 e. The second kappa shape index (κ2) is 14.1. The van der Waals surface area contributed by atoms with Crippen molar-refractivity contribution in [2.45, 2.75) is 38.5 Å². The largest absolute Gasteiger partial charge is 0.396 e. The zero-order valence-electron chi connectivity index (χ0n) is 11.7. The van der Waals surface area contributed by atoms with Crippen LogP contribution >= 0.6 is 8.25 Å². The van der Waals surface area contributed by atoms with E-state index in [9.17, 15) is 4.57 Å². The number of unbranched alkanes of at least 4 members (excludes halogenated alkanes) is 4. The molecule has 0 aromatic rings. The molecule has 0 aliphatic carbocycles. The van der Waals surface area contributed by atoms with Gasteiger partial charge in [-0.3, -0.25) is 4.57 Å². The molecule has 2 N–H and O–H groups in total. The fourth-order valence-corrected chi connectivity index (χ4v) is 2.02. The first-order chi connectivity index (χ1) is 8.81. The van der Waals surface area contributed by atoms with Crippen LogP contribution in [0.4, 0.5) is 0 Å². The molecule has 0 radical (unpaired) electrons. The summed E-state index contributed by atoms with van der Waals surface area (Å²) in [6.07, 6.45) is 5.68. The fourth-order valence-electron chi connectivity index (χ4n) is 1.31. The predicted octanol–water partition coefficient (Wildman–Crippen LogP) is 1.96. The molecule has 0 amide bonds. The van der Waals surface area contributed by atoms with Gasteiger partial charge in [0.1, 0.15) is 0 Å². The normalized spacial score (nSPS) is 13.6. The molecule has 104 valence electrons. The molecule has 0 aliphatic heterocycles. The maximum atomic E-state index is 11.3. The van der Waals surface area contributed by atoms with Gasteiger partial charge in [0.2, 0.25) is 1.43 Å². The van der Waals surface area contributed by atoms with E-state index in [0.29, 0.717) is 19.8 Å². The minimum atomic E-state index is -2.30. The highest BCUT2D eigenvalue weighted by Crippen LogP contribution is 2.24. The van der Waals surface area contributed by atoms with Crippen molar-refractivity contribution in [1.82, 2.24) is 5.32 Å². The van der Waals surface area contributed by atoms with E-state index < -0.39 is 8.25 Å². The lowest BCUT2D eigenvalue weighted by Crippen LogP contribution is -2.07. The summed E-state index contributed by atoms with van der Waals surface area (Å²) in [7, 11) is -0.393. The molecule has 0 saturated heterocycles. The molecule has 1 atom stereocenters. The first-order valence-corrected chi connectivity index (χ1v) is 7.56. The topological polar surface area (TPSA) is 67.8 Å². The van der Waals surface area contributed by atoms with E-state index in [1.54, 1.807) is 0 Å². The first kappa shape index (κ1) is 15.1. The number of hydrogen-bond acceptors (Lipinski definition) is 5. The van der Waals surface area contributed by atoms with E-state index in [1.807, 2.05) is 7.05 Å². The van der Waals surface area contributed by atoms with Crippen LogP contribution in [0, 0.1) is 0 Å². The molecule has 0 aromatic heterocycles. The van der Waals surface area contributed by atoms with Crippen LogP contribution in [0.25, 0.3) is 0 Å². The summed E-state index contributed by atoms with van der Waals surface area (Å²) in [5.74, 6) is 0. The summed E-state index contributed by atoms with van der Waals surface area (Å²) in [5.41, 5.74) is 0. The Morgan fingerprint density at radius 3 is 2.41 bits per heavy atom. The van der Waals surface area contributed by atoms with Crippen molar-refractivity contribution in [3.05, 3.63) is 0 Å². The smallest absolute Gasteiger partial charge is 0.319 e. The summed E-state index contributed by atoms with van der Waals surface area (Å²) in [5, 5.41) is 7.25. The van der Waals surface area contributed by atoms with Crippen molar-refractivity contribution in [3.63, 3.8) is 0 Å². The van der Waals surface area contributed by atoms with Crippen molar-refractivity contribution in [3.8, 4) is 0 Å². The van der Waals surface area contributed by atoms with Crippen molar-refractivity contribution in [1.29, 1.82) is 1.43 Å². The molecule has 5 nitrogen and oxygen atoms in total. The van der Waals surface area contributed by atoms with E-state index >= 15 is 0 Å². The molecule has 0 spiro atoms. The Bertz CT molecular complexity index is 198. The molecule has 0 rings (SSSR count). The lowest BCUT2D eigenvalue weighted by atomic mass is 10.2. The van der Waals surface area contributed by atoms with Gasteiger partial charge in [-0.2, -0.15) is 0 Å². The van der Waals surface area contributed by atoms with Crippen molar-refractivity contribution in [2.24, 2.45) is 0 Å². The first-order valence-electron chi connectivity index (χ1n) is 6.74. The minimum Gasteiger partial charge on any atom is -0.396 e. The van der Waals surface area contributed by atoms with Crippen molar-refractivity contribution >= 4 is 8.25 Å². The van der Waals surface area contributed by atoms with Gasteiger partial charge in [-0.15, -0.1) is 0 Å². The molecule has 6 heteroatoms. The highest BCUT2D eigenvalue weighted by Gasteiger charge is 1.99. The van der Waals surface area contributed by atoms with E-state index in [2.05, 4.69) is 10.4 Å². The summed E-state index contributed by atoms with van der Waals surface area (Å²) in [6.45, 7) is 2.41. The second-order valence-corrected chi connectivity index (χ2v) is 4.95. The van der Waals surface area contributed by atoms with Gasteiger partial charge in [0, 0.05) is 6.61 Å². The standard InChI is InChI=1S/C11H26NO4P/c1-12-8-4-7-11-16-17(14)15-10-6-3-2-5-9-13/h12-13,17H,2-11H2,1H3/i13D. The Morgan fingerprint density at radius 2 is 1.76 bits per heavy atom. The zero-order chi connectivity index (χ0) is 13.5. The third-order valence-corrected chi connectivity index (χ3v) is 3.18. The zero-order valence-corrected chi connectivity index (χ0v) is 11.7. The fraction of sp³-hybridized carbons (Fsp3) is 1.00. The van der Waals surface area contributed by atoms with Gasteiger partial charge < -0.3 is 19.5 Å². The van der Waals surface area contributed by atoms with Gasteiger partial charge in [0.15, 0.2) is 0 Å². The summed E-state index contributed by atoms with van der Waals surface area (Å²) in [4.78, 5) is 0. The van der Waals surface area contributed by atoms with Crippen LogP contribution in [0.2, 0.25) is 0 Å². The molecule has 17 heavy (non-hydrogen) atoms. The number of rotatable bonds is 14. The number of nitrogens with one attached hydrogen (secondary N) is 1. The Morgan fingerprint density at radius 1 is 1.12 bits per heavy atom. The summed E-state index contributed by atoms with van der Waals surface area (Å²) >= 11 is 0. The van der Waals surface area contributed by atoms with E-state index in [4.69, 9.17) is 10.5 Å². The van der Waals surface area contributed by atoms with Gasteiger partial charge in [0.05, 0.1) is 13.2 Å². The van der Waals surface area contributed by atoms with E-state index in [1.165, 1.54) is 0 Å². The van der Waals surface area contributed by atoms with Crippen molar-refractivity contribution in [2.75, 3.05) is 33.4 Å². The highest BCUT2D eigenvalue weighted by molar-refractivity contribution is 7.33. The monoisotopic (exact) mass is 268 g/mol. The van der Waals surface area contributed by atoms with Gasteiger partial charge in [-0.1, -0.05) is 12.8 Å². The van der Waals surface area contributed by atoms with Gasteiger partial charge in [-0.05, 0) is 39.3 Å². The average molecular weight is 268 g/mol. The highest BCUT2D eigenvalue weighted by atomic mass is 31.1. The van der Waals surface area contributed by atoms with E-state index in [-0.39, 0.29) is 0 Å². The molecule has 0 fully saturated rings. The number of hydrogen-bond donors (Lipinski definition) is 2. The lowest BCUT2D eigenvalue weighted by Gasteiger charge is -2.05. The molecule has 0 aliphatic rings. The summed E-state index contributed by atoms with van der Waals surface area (Å²) in [6, 6.07) is 0. The van der Waals surface area contributed by atoms with Crippen LogP contribution in [0.3, 0.4) is 0 Å². The van der Waals surface area contributed by atoms with Crippen LogP contribution in [0.15, 0.2) is 0 Å². The number of aliphatic hydroxyl groups excluding tert-OH is 1. The third kappa shape index (κ3) is 14.0. The third-order valence-electron chi connectivity index (χ3n) is 2.30. The van der Waals surface area contributed by atoms with Crippen LogP contribution < -0.4 is 5.32 Å². The number of aliphatic hydroxyl groups is 1. The molecular weight excluding hydrogens is 241 g/mol. The maximum absolute atomic E-state index is 11.3. The SMILES string of the molecule is [2H]OCCCCCCO[PH](=O)OCCCCNC. The van der Waals surface area contributed by atoms with Crippen LogP contribution in [-0.4, -0.2) is 40.0 Å². The van der Waals surface area contributed by atoms with Crippen molar-refractivity contribution < 1.29 is 18.7 Å². The predicted molar refractivity (Wildman–Crippen MR) is 69.6 cm³/mol. The van der Waals surface area contributed by atoms with Crippen LogP contribution in [0.1, 0.15) is 38.5 Å². The molecule has 0 saturated carbocycles. The summed E-state index contributed by atoms with van der Waals surface area (Å²) < 4.78 is 28.0. The van der Waals surface area contributed by atoms with Crippen LogP contribution in [0.5, 0.6) is 0 Å². The Hall–Kier alpha value is 0.0700.